The van der Waals surface area contributed by atoms with E-state index in [0.29, 0.717) is 0 Å². The Bertz CT molecular complexity index is 1090. The van der Waals surface area contributed by atoms with Gasteiger partial charge in [0.15, 0.2) is 0 Å². The van der Waals surface area contributed by atoms with Crippen LogP contribution in [0.1, 0.15) is 53.3 Å². The summed E-state index contributed by atoms with van der Waals surface area (Å²) in [6.45, 7) is 6.14. The van der Waals surface area contributed by atoms with Gasteiger partial charge in [-0.05, 0) is 71.2 Å². The Balaban J connectivity index is 1.72. The van der Waals surface area contributed by atoms with Crippen LogP contribution >= 0.6 is 0 Å². The number of aryl methyl sites for hydroxylation is 3. The van der Waals surface area contributed by atoms with Gasteiger partial charge in [-0.3, -0.25) is 4.98 Å². The summed E-state index contributed by atoms with van der Waals surface area (Å²) in [6.07, 6.45) is 9.94. The quantitative estimate of drug-likeness (QED) is 0.643. The molecular formula is C23H27N5. The number of allylic oxidation sites excluding steroid dienone is 1. The van der Waals surface area contributed by atoms with Gasteiger partial charge in [0.25, 0.3) is 0 Å². The molecule has 0 atom stereocenters. The molecule has 0 amide bonds. The van der Waals surface area contributed by atoms with E-state index in [1.54, 1.807) is 0 Å². The Hall–Kier alpha value is -2.53. The first-order valence-electron chi connectivity index (χ1n) is 10.3. The Morgan fingerprint density at radius 2 is 1.93 bits per heavy atom. The van der Waals surface area contributed by atoms with Gasteiger partial charge in [0.2, 0.25) is 0 Å². The van der Waals surface area contributed by atoms with Crippen molar-refractivity contribution in [3.05, 3.63) is 52.4 Å². The Morgan fingerprint density at radius 3 is 2.82 bits per heavy atom. The lowest BCUT2D eigenvalue weighted by molar-refractivity contribution is 0.333. The molecule has 2 aliphatic rings. The number of hydrogen-bond acceptors (Lipinski definition) is 4. The maximum Gasteiger partial charge on any atom is 0.126 e. The number of pyridine rings is 1. The first-order valence-corrected chi connectivity index (χ1v) is 10.3. The van der Waals surface area contributed by atoms with Crippen LogP contribution in [0.3, 0.4) is 0 Å². The van der Waals surface area contributed by atoms with Gasteiger partial charge in [0.1, 0.15) is 5.82 Å². The molecule has 0 spiro atoms. The van der Waals surface area contributed by atoms with Gasteiger partial charge < -0.3 is 9.47 Å². The molecule has 1 aliphatic carbocycles. The van der Waals surface area contributed by atoms with E-state index < -0.39 is 0 Å². The second-order valence-corrected chi connectivity index (χ2v) is 8.24. The van der Waals surface area contributed by atoms with Crippen LogP contribution in [0.2, 0.25) is 0 Å². The second-order valence-electron chi connectivity index (χ2n) is 8.24. The van der Waals surface area contributed by atoms with E-state index in [1.165, 1.54) is 34.5 Å². The Labute approximate surface area is 166 Å². The molecule has 3 aromatic rings. The van der Waals surface area contributed by atoms with Crippen LogP contribution in [-0.4, -0.2) is 38.0 Å². The molecule has 5 rings (SSSR count). The average molecular weight is 374 g/mol. The minimum Gasteiger partial charge on any atom is -0.317 e. The summed E-state index contributed by atoms with van der Waals surface area (Å²) in [7, 11) is 2.20. The standard InChI is InChI=1S/C23H27N5/c1-15-9-10-18-17(6-4-7-20(18)25-15)13-28-21-8-5-11-27(3)14-19(21)23-22(28)12-24-16(2)26-23/h9-10,12-13H,4-8,11,14H2,1-3H3. The molecule has 5 nitrogen and oxygen atoms in total. The zero-order chi connectivity index (χ0) is 19.3. The fraction of sp³-hybridized carbons (Fsp3) is 0.435. The lowest BCUT2D eigenvalue weighted by Gasteiger charge is -2.19. The van der Waals surface area contributed by atoms with Crippen molar-refractivity contribution in [2.45, 2.75) is 52.5 Å². The smallest absolute Gasteiger partial charge is 0.126 e. The van der Waals surface area contributed by atoms with Crippen LogP contribution in [0.15, 0.2) is 18.3 Å². The van der Waals surface area contributed by atoms with E-state index in [0.717, 1.165) is 61.3 Å². The van der Waals surface area contributed by atoms with Crippen molar-refractivity contribution in [2.75, 3.05) is 13.6 Å². The van der Waals surface area contributed by atoms with Crippen molar-refractivity contribution >= 4 is 22.8 Å². The highest BCUT2D eigenvalue weighted by atomic mass is 15.1. The van der Waals surface area contributed by atoms with Crippen molar-refractivity contribution in [3.8, 4) is 0 Å². The molecule has 144 valence electrons. The fourth-order valence-electron chi connectivity index (χ4n) is 4.70. The summed E-state index contributed by atoms with van der Waals surface area (Å²) in [5.74, 6) is 0.842. The molecule has 0 saturated carbocycles. The number of hydrogen-bond donors (Lipinski definition) is 0. The molecule has 0 bridgehead atoms. The number of nitrogens with zero attached hydrogens (tertiary/aromatic N) is 5. The third-order valence-corrected chi connectivity index (χ3v) is 6.06. The number of rotatable bonds is 1. The van der Waals surface area contributed by atoms with Gasteiger partial charge in [-0.2, -0.15) is 0 Å². The highest BCUT2D eigenvalue weighted by Crippen LogP contribution is 2.34. The maximum absolute atomic E-state index is 4.83. The average Bonchev–Trinajstić information content (AvgIpc) is 2.82. The zero-order valence-electron chi connectivity index (χ0n) is 17.0. The third kappa shape index (κ3) is 2.94. The normalized spacial score (nSPS) is 18.9. The predicted molar refractivity (Wildman–Crippen MR) is 113 cm³/mol. The summed E-state index contributed by atoms with van der Waals surface area (Å²) in [5, 5.41) is 0. The second kappa shape index (κ2) is 6.82. The van der Waals surface area contributed by atoms with Crippen molar-refractivity contribution in [3.63, 3.8) is 0 Å². The van der Waals surface area contributed by atoms with Crippen molar-refractivity contribution in [2.24, 2.45) is 0 Å². The van der Waals surface area contributed by atoms with Crippen LogP contribution in [0.25, 0.3) is 22.8 Å². The molecule has 0 radical (unpaired) electrons. The number of aromatic nitrogens is 4. The fourth-order valence-corrected chi connectivity index (χ4v) is 4.70. The van der Waals surface area contributed by atoms with Gasteiger partial charge in [-0.1, -0.05) is 6.07 Å². The molecule has 0 aromatic carbocycles. The molecule has 0 unspecified atom stereocenters. The van der Waals surface area contributed by atoms with Crippen LogP contribution in [0, 0.1) is 13.8 Å². The van der Waals surface area contributed by atoms with Gasteiger partial charge in [-0.25, -0.2) is 9.97 Å². The van der Waals surface area contributed by atoms with Gasteiger partial charge in [0, 0.05) is 41.0 Å². The molecule has 3 aromatic heterocycles. The topological polar surface area (TPSA) is 46.8 Å². The third-order valence-electron chi connectivity index (χ3n) is 6.06. The lowest BCUT2D eigenvalue weighted by Crippen LogP contribution is -2.17. The highest BCUT2D eigenvalue weighted by molar-refractivity contribution is 5.87. The van der Waals surface area contributed by atoms with Gasteiger partial charge >= 0.3 is 0 Å². The molecule has 0 saturated heterocycles. The molecular weight excluding hydrogens is 346 g/mol. The first-order chi connectivity index (χ1) is 13.6. The predicted octanol–water partition coefficient (Wildman–Crippen LogP) is 4.16. The van der Waals surface area contributed by atoms with Crippen molar-refractivity contribution in [1.29, 1.82) is 0 Å². The van der Waals surface area contributed by atoms with E-state index >= 15 is 0 Å². The molecule has 0 N–H and O–H groups in total. The first kappa shape index (κ1) is 17.6. The zero-order valence-corrected chi connectivity index (χ0v) is 17.0. The van der Waals surface area contributed by atoms with E-state index in [1.807, 2.05) is 13.1 Å². The van der Waals surface area contributed by atoms with Crippen LogP contribution in [-0.2, 0) is 19.4 Å². The largest absolute Gasteiger partial charge is 0.317 e. The molecule has 28 heavy (non-hydrogen) atoms. The monoisotopic (exact) mass is 373 g/mol. The van der Waals surface area contributed by atoms with E-state index in [-0.39, 0.29) is 0 Å². The molecule has 5 heteroatoms. The van der Waals surface area contributed by atoms with E-state index in [2.05, 4.69) is 46.8 Å². The molecule has 1 aliphatic heterocycles. The van der Waals surface area contributed by atoms with Gasteiger partial charge in [0.05, 0.1) is 17.2 Å². The van der Waals surface area contributed by atoms with Crippen LogP contribution < -0.4 is 0 Å². The summed E-state index contributed by atoms with van der Waals surface area (Å²) in [6, 6.07) is 4.38. The van der Waals surface area contributed by atoms with Crippen LogP contribution in [0.5, 0.6) is 0 Å². The Kier molecular flexibility index (Phi) is 4.27. The van der Waals surface area contributed by atoms with Gasteiger partial charge in [-0.15, -0.1) is 0 Å². The summed E-state index contributed by atoms with van der Waals surface area (Å²) in [5.41, 5.74) is 10.1. The minimum atomic E-state index is 0.842. The Morgan fingerprint density at radius 1 is 1.04 bits per heavy atom. The van der Waals surface area contributed by atoms with Crippen molar-refractivity contribution in [1.82, 2.24) is 24.4 Å². The lowest BCUT2D eigenvalue weighted by atomic mass is 9.91. The SMILES string of the molecule is Cc1ccc2c(n1)CCCC2=Cn1c2c(c3nc(C)ncc31)CN(C)CCC2. The van der Waals surface area contributed by atoms with E-state index in [9.17, 15) is 0 Å². The van der Waals surface area contributed by atoms with Crippen LogP contribution in [0.4, 0.5) is 0 Å². The highest BCUT2D eigenvalue weighted by Gasteiger charge is 2.23. The van der Waals surface area contributed by atoms with E-state index in [4.69, 9.17) is 9.97 Å². The van der Waals surface area contributed by atoms with Crippen molar-refractivity contribution < 1.29 is 0 Å². The molecule has 4 heterocycles. The summed E-state index contributed by atoms with van der Waals surface area (Å²) >= 11 is 0. The minimum absolute atomic E-state index is 0.842. The number of fused-ring (bicyclic) bond motifs is 4. The maximum atomic E-state index is 4.83. The summed E-state index contributed by atoms with van der Waals surface area (Å²) < 4.78 is 2.38. The summed E-state index contributed by atoms with van der Waals surface area (Å²) in [4.78, 5) is 16.6. The molecule has 0 fully saturated rings.